The van der Waals surface area contributed by atoms with Crippen molar-refractivity contribution in [3.05, 3.63) is 76.0 Å². The zero-order valence-corrected chi connectivity index (χ0v) is 18.9. The molecule has 0 atom stereocenters. The second-order valence-corrected chi connectivity index (χ2v) is 9.25. The van der Waals surface area contributed by atoms with E-state index in [-0.39, 0.29) is 24.3 Å². The molecule has 2 aromatic carbocycles. The van der Waals surface area contributed by atoms with Crippen LogP contribution in [-0.2, 0) is 17.6 Å². The van der Waals surface area contributed by atoms with Crippen LogP contribution in [0, 0.1) is 12.7 Å². The number of carboxylic acid groups (broad SMARTS) is 1. The van der Waals surface area contributed by atoms with Gasteiger partial charge in [-0.1, -0.05) is 42.5 Å². The second kappa shape index (κ2) is 10.1. The summed E-state index contributed by atoms with van der Waals surface area (Å²) in [6.07, 6.45) is 2.45. The topological polar surface area (TPSA) is 62.7 Å². The van der Waals surface area contributed by atoms with Crippen LogP contribution in [0.15, 0.2) is 48.5 Å². The lowest BCUT2D eigenvalue weighted by atomic mass is 9.90. The molecule has 3 aromatic rings. The highest BCUT2D eigenvalue weighted by Gasteiger charge is 2.23. The van der Waals surface area contributed by atoms with Gasteiger partial charge >= 0.3 is 5.97 Å². The summed E-state index contributed by atoms with van der Waals surface area (Å²) in [4.78, 5) is 19.2. The van der Waals surface area contributed by atoms with E-state index in [1.165, 1.54) is 17.7 Å². The van der Waals surface area contributed by atoms with Crippen LogP contribution < -0.4 is 9.64 Å². The fourth-order valence-electron chi connectivity index (χ4n) is 4.13. The summed E-state index contributed by atoms with van der Waals surface area (Å²) < 4.78 is 20.0. The molecule has 0 bridgehead atoms. The first-order valence-electron chi connectivity index (χ1n) is 10.9. The Morgan fingerprint density at radius 1 is 1.19 bits per heavy atom. The second-order valence-electron chi connectivity index (χ2n) is 8.07. The van der Waals surface area contributed by atoms with Crippen LogP contribution >= 0.6 is 11.3 Å². The number of halogens is 1. The quantitative estimate of drug-likeness (QED) is 0.505. The summed E-state index contributed by atoms with van der Waals surface area (Å²) in [5.41, 5.74) is 2.51. The van der Waals surface area contributed by atoms with Gasteiger partial charge in [0.15, 0.2) is 16.7 Å². The van der Waals surface area contributed by atoms with E-state index < -0.39 is 11.8 Å². The van der Waals surface area contributed by atoms with Crippen molar-refractivity contribution < 1.29 is 19.0 Å². The Balaban J connectivity index is 1.32. The van der Waals surface area contributed by atoms with Gasteiger partial charge in [-0.2, -0.15) is 0 Å². The molecule has 0 unspecified atom stereocenters. The first-order chi connectivity index (χ1) is 15.5. The summed E-state index contributed by atoms with van der Waals surface area (Å²) in [6.45, 7) is 4.32. The van der Waals surface area contributed by atoms with Gasteiger partial charge in [-0.3, -0.25) is 4.79 Å². The number of rotatable bonds is 8. The fraction of sp³-hybridized carbons (Fsp3) is 0.360. The molecule has 168 valence electrons. The Morgan fingerprint density at radius 3 is 2.66 bits per heavy atom. The number of anilines is 1. The normalized spacial score (nSPS) is 14.5. The molecule has 1 fully saturated rings. The fourth-order valence-corrected chi connectivity index (χ4v) is 5.14. The average Bonchev–Trinajstić information content (AvgIpc) is 3.17. The van der Waals surface area contributed by atoms with E-state index in [1.807, 2.05) is 0 Å². The number of aryl methyl sites for hydroxylation is 1. The number of aromatic nitrogens is 1. The van der Waals surface area contributed by atoms with E-state index in [9.17, 15) is 9.18 Å². The maximum Gasteiger partial charge on any atom is 0.307 e. The van der Waals surface area contributed by atoms with Gasteiger partial charge in [0.05, 0.1) is 18.7 Å². The molecule has 7 heteroatoms. The molecule has 1 aliphatic heterocycles. The highest BCUT2D eigenvalue weighted by atomic mass is 32.1. The van der Waals surface area contributed by atoms with Gasteiger partial charge in [0.25, 0.3) is 0 Å². The van der Waals surface area contributed by atoms with Crippen LogP contribution in [0.1, 0.15) is 40.5 Å². The van der Waals surface area contributed by atoms with Gasteiger partial charge in [0.1, 0.15) is 0 Å². The minimum Gasteiger partial charge on any atom is -0.490 e. The SMILES string of the molecule is Cc1sc(N2CCC(c3ccccc3)CC2)nc1CCOc1cccc(CC(=O)O)c1F. The lowest BCUT2D eigenvalue weighted by Gasteiger charge is -2.32. The van der Waals surface area contributed by atoms with E-state index in [2.05, 4.69) is 42.2 Å². The van der Waals surface area contributed by atoms with Crippen LogP contribution in [0.5, 0.6) is 5.75 Å². The summed E-state index contributed by atoms with van der Waals surface area (Å²) in [5, 5.41) is 9.94. The van der Waals surface area contributed by atoms with Crippen molar-refractivity contribution in [2.45, 2.75) is 38.5 Å². The molecule has 0 radical (unpaired) electrons. The molecule has 5 nitrogen and oxygen atoms in total. The van der Waals surface area contributed by atoms with Crippen molar-refractivity contribution in [1.29, 1.82) is 0 Å². The van der Waals surface area contributed by atoms with E-state index in [4.69, 9.17) is 14.8 Å². The van der Waals surface area contributed by atoms with Gasteiger partial charge in [-0.15, -0.1) is 11.3 Å². The molecule has 32 heavy (non-hydrogen) atoms. The number of hydrogen-bond acceptors (Lipinski definition) is 5. The third-order valence-electron chi connectivity index (χ3n) is 5.90. The number of carbonyl (C=O) groups is 1. The predicted molar refractivity (Wildman–Crippen MR) is 124 cm³/mol. The number of benzene rings is 2. The monoisotopic (exact) mass is 454 g/mol. The summed E-state index contributed by atoms with van der Waals surface area (Å²) in [6, 6.07) is 15.3. The molecular weight excluding hydrogens is 427 g/mol. The summed E-state index contributed by atoms with van der Waals surface area (Å²) in [7, 11) is 0. The maximum atomic E-state index is 14.4. The number of aliphatic carboxylic acids is 1. The molecule has 1 aromatic heterocycles. The number of ether oxygens (including phenoxy) is 1. The maximum absolute atomic E-state index is 14.4. The number of hydrogen-bond donors (Lipinski definition) is 1. The number of carboxylic acids is 1. The Hall–Kier alpha value is -2.93. The van der Waals surface area contributed by atoms with Crippen molar-refractivity contribution in [3.63, 3.8) is 0 Å². The Kier molecular flexibility index (Phi) is 7.05. The van der Waals surface area contributed by atoms with Crippen LogP contribution in [0.3, 0.4) is 0 Å². The van der Waals surface area contributed by atoms with Gasteiger partial charge < -0.3 is 14.7 Å². The minimum absolute atomic E-state index is 0.0832. The minimum atomic E-state index is -1.07. The van der Waals surface area contributed by atoms with Crippen LogP contribution in [0.2, 0.25) is 0 Å². The Bertz CT molecular complexity index is 1060. The Labute approximate surface area is 191 Å². The smallest absolute Gasteiger partial charge is 0.307 e. The van der Waals surface area contributed by atoms with E-state index in [1.54, 1.807) is 17.4 Å². The first kappa shape index (κ1) is 22.3. The van der Waals surface area contributed by atoms with Crippen LogP contribution in [-0.4, -0.2) is 35.8 Å². The molecule has 1 aliphatic rings. The van der Waals surface area contributed by atoms with Gasteiger partial charge in [-0.05, 0) is 37.3 Å². The molecule has 1 N–H and O–H groups in total. The predicted octanol–water partition coefficient (Wildman–Crippen LogP) is 5.22. The molecule has 0 spiro atoms. The number of nitrogens with zero attached hydrogens (tertiary/aromatic N) is 2. The molecular formula is C25H27FN2O3S. The zero-order chi connectivity index (χ0) is 22.5. The average molecular weight is 455 g/mol. The van der Waals surface area contributed by atoms with Crippen molar-refractivity contribution in [2.24, 2.45) is 0 Å². The highest BCUT2D eigenvalue weighted by Crippen LogP contribution is 2.33. The third kappa shape index (κ3) is 5.27. The molecule has 0 saturated carbocycles. The summed E-state index contributed by atoms with van der Waals surface area (Å²) in [5.74, 6) is -0.987. The van der Waals surface area contributed by atoms with E-state index >= 15 is 0 Å². The number of piperidine rings is 1. The van der Waals surface area contributed by atoms with E-state index in [0.29, 0.717) is 12.3 Å². The zero-order valence-electron chi connectivity index (χ0n) is 18.1. The molecule has 0 amide bonds. The van der Waals surface area contributed by atoms with Crippen molar-refractivity contribution in [2.75, 3.05) is 24.6 Å². The van der Waals surface area contributed by atoms with Crippen molar-refractivity contribution in [3.8, 4) is 5.75 Å². The van der Waals surface area contributed by atoms with Gasteiger partial charge in [-0.25, -0.2) is 9.37 Å². The summed E-state index contributed by atoms with van der Waals surface area (Å²) >= 11 is 1.70. The molecule has 2 heterocycles. The van der Waals surface area contributed by atoms with Crippen molar-refractivity contribution in [1.82, 2.24) is 4.98 Å². The Morgan fingerprint density at radius 2 is 1.94 bits per heavy atom. The largest absolute Gasteiger partial charge is 0.490 e. The molecule has 1 saturated heterocycles. The highest BCUT2D eigenvalue weighted by molar-refractivity contribution is 7.15. The van der Waals surface area contributed by atoms with Crippen LogP contribution in [0.25, 0.3) is 0 Å². The molecule has 0 aliphatic carbocycles. The third-order valence-corrected chi connectivity index (χ3v) is 6.97. The van der Waals surface area contributed by atoms with Gasteiger partial charge in [0, 0.05) is 30.0 Å². The van der Waals surface area contributed by atoms with Crippen molar-refractivity contribution >= 4 is 22.4 Å². The molecule has 4 rings (SSSR count). The number of thiazole rings is 1. The lowest BCUT2D eigenvalue weighted by Crippen LogP contribution is -2.32. The standard InChI is InChI=1S/C25H27FN2O3S/c1-17-21(12-15-31-22-9-5-8-20(24(22)26)16-23(29)30)27-25(32-17)28-13-10-19(11-14-28)18-6-3-2-4-7-18/h2-9,19H,10-16H2,1H3,(H,29,30). The first-order valence-corrected chi connectivity index (χ1v) is 11.7. The van der Waals surface area contributed by atoms with Crippen LogP contribution in [0.4, 0.5) is 9.52 Å². The van der Waals surface area contributed by atoms with Gasteiger partial charge in [0.2, 0.25) is 0 Å². The van der Waals surface area contributed by atoms with E-state index in [0.717, 1.165) is 41.6 Å². The lowest BCUT2D eigenvalue weighted by molar-refractivity contribution is -0.136.